The highest BCUT2D eigenvalue weighted by Crippen LogP contribution is 2.22. The van der Waals surface area contributed by atoms with E-state index in [4.69, 9.17) is 10.5 Å². The molecule has 3 N–H and O–H groups in total. The Morgan fingerprint density at radius 1 is 1.29 bits per heavy atom. The van der Waals surface area contributed by atoms with Crippen molar-refractivity contribution in [3.8, 4) is 0 Å². The fourth-order valence-electron chi connectivity index (χ4n) is 3.54. The molecule has 0 bridgehead atoms. The zero-order chi connectivity index (χ0) is 17.0. The number of carbonyl (C=O) groups is 1. The number of nitrogens with two attached hydrogens (primary N) is 1. The van der Waals surface area contributed by atoms with Crippen LogP contribution in [0.3, 0.4) is 0 Å². The van der Waals surface area contributed by atoms with Gasteiger partial charge >= 0.3 is 0 Å². The Hall–Kier alpha value is -1.43. The van der Waals surface area contributed by atoms with Crippen LogP contribution in [0.5, 0.6) is 0 Å². The fourth-order valence-corrected chi connectivity index (χ4v) is 3.54. The quantitative estimate of drug-likeness (QED) is 0.889. The Morgan fingerprint density at radius 2 is 2.00 bits per heavy atom. The van der Waals surface area contributed by atoms with Crippen molar-refractivity contribution in [3.63, 3.8) is 0 Å². The summed E-state index contributed by atoms with van der Waals surface area (Å²) < 4.78 is 5.30. The van der Waals surface area contributed by atoms with Gasteiger partial charge in [-0.05, 0) is 56.8 Å². The van der Waals surface area contributed by atoms with Crippen molar-refractivity contribution < 1.29 is 9.53 Å². The van der Waals surface area contributed by atoms with Gasteiger partial charge in [0.25, 0.3) is 0 Å². The highest BCUT2D eigenvalue weighted by Gasteiger charge is 2.35. The first-order chi connectivity index (χ1) is 11.6. The highest BCUT2D eigenvalue weighted by molar-refractivity contribution is 5.98. The van der Waals surface area contributed by atoms with E-state index in [1.54, 1.807) is 0 Å². The van der Waals surface area contributed by atoms with Crippen molar-refractivity contribution >= 4 is 11.6 Å². The Balaban J connectivity index is 1.57. The summed E-state index contributed by atoms with van der Waals surface area (Å²) in [6, 6.07) is 8.81. The van der Waals surface area contributed by atoms with Gasteiger partial charge < -0.3 is 15.8 Å². The highest BCUT2D eigenvalue weighted by atomic mass is 16.5. The molecule has 5 heteroatoms. The zero-order valence-electron chi connectivity index (χ0n) is 14.6. The number of benzene rings is 1. The van der Waals surface area contributed by atoms with Gasteiger partial charge in [-0.3, -0.25) is 9.69 Å². The molecule has 2 aliphatic heterocycles. The minimum atomic E-state index is -0.805. The molecule has 1 aromatic carbocycles. The van der Waals surface area contributed by atoms with Crippen LogP contribution in [0.4, 0.5) is 5.69 Å². The summed E-state index contributed by atoms with van der Waals surface area (Å²) in [7, 11) is 0. The number of anilines is 1. The normalized spacial score (nSPS) is 24.5. The number of nitrogens with one attached hydrogen (secondary N) is 1. The van der Waals surface area contributed by atoms with Crippen molar-refractivity contribution in [1.29, 1.82) is 0 Å². The van der Waals surface area contributed by atoms with E-state index in [1.165, 1.54) is 31.4 Å². The lowest BCUT2D eigenvalue weighted by molar-refractivity contribution is -0.124. The molecule has 2 aliphatic rings. The standard InChI is InChI=1S/C19H29N3O2/c1-15-4-2-3-11-22(15)14-16-5-7-17(8-6-16)21-18(23)19(20)9-12-24-13-10-19/h5-8,15H,2-4,9-14,20H2,1H3,(H,21,23). The maximum atomic E-state index is 12.4. The molecular formula is C19H29N3O2. The average molecular weight is 331 g/mol. The summed E-state index contributed by atoms with van der Waals surface area (Å²) in [6.45, 7) is 5.57. The first kappa shape index (κ1) is 17.4. The van der Waals surface area contributed by atoms with E-state index in [2.05, 4.69) is 29.3 Å². The number of piperidine rings is 1. The lowest BCUT2D eigenvalue weighted by Gasteiger charge is -2.33. The van der Waals surface area contributed by atoms with Crippen LogP contribution in [0.15, 0.2) is 24.3 Å². The molecule has 0 radical (unpaired) electrons. The number of hydrogen-bond donors (Lipinski definition) is 2. The van der Waals surface area contributed by atoms with Gasteiger partial charge in [-0.25, -0.2) is 0 Å². The maximum Gasteiger partial charge on any atom is 0.244 e. The van der Waals surface area contributed by atoms with Crippen LogP contribution in [0.1, 0.15) is 44.6 Å². The molecule has 0 saturated carbocycles. The van der Waals surface area contributed by atoms with Crippen molar-refractivity contribution in [2.75, 3.05) is 25.1 Å². The summed E-state index contributed by atoms with van der Waals surface area (Å²) in [4.78, 5) is 15.0. The lowest BCUT2D eigenvalue weighted by atomic mass is 9.90. The first-order valence-electron chi connectivity index (χ1n) is 9.08. The summed E-state index contributed by atoms with van der Waals surface area (Å²) in [5, 5.41) is 2.96. The van der Waals surface area contributed by atoms with Gasteiger partial charge in [0, 0.05) is 31.5 Å². The maximum absolute atomic E-state index is 12.4. The Labute approximate surface area is 144 Å². The van der Waals surface area contributed by atoms with E-state index in [0.29, 0.717) is 32.1 Å². The van der Waals surface area contributed by atoms with Gasteiger partial charge in [-0.2, -0.15) is 0 Å². The average Bonchev–Trinajstić information content (AvgIpc) is 2.59. The number of likely N-dealkylation sites (tertiary alicyclic amines) is 1. The molecule has 132 valence electrons. The van der Waals surface area contributed by atoms with Crippen LogP contribution in [0.25, 0.3) is 0 Å². The van der Waals surface area contributed by atoms with Crippen LogP contribution < -0.4 is 11.1 Å². The van der Waals surface area contributed by atoms with Crippen LogP contribution in [0.2, 0.25) is 0 Å². The van der Waals surface area contributed by atoms with Gasteiger partial charge in [0.15, 0.2) is 0 Å². The molecule has 1 atom stereocenters. The molecule has 0 aliphatic carbocycles. The van der Waals surface area contributed by atoms with Crippen molar-refractivity contribution in [2.24, 2.45) is 5.73 Å². The number of carbonyl (C=O) groups excluding carboxylic acids is 1. The Bertz CT molecular complexity index is 552. The number of rotatable bonds is 4. The topological polar surface area (TPSA) is 67.6 Å². The molecule has 0 spiro atoms. The predicted octanol–water partition coefficient (Wildman–Crippen LogP) is 2.51. The van der Waals surface area contributed by atoms with Gasteiger partial charge in [0.05, 0.1) is 0 Å². The first-order valence-corrected chi connectivity index (χ1v) is 9.08. The molecule has 1 unspecified atom stereocenters. The molecule has 2 fully saturated rings. The molecule has 5 nitrogen and oxygen atoms in total. The van der Waals surface area contributed by atoms with Crippen LogP contribution in [-0.2, 0) is 16.1 Å². The largest absolute Gasteiger partial charge is 0.381 e. The van der Waals surface area contributed by atoms with E-state index >= 15 is 0 Å². The predicted molar refractivity (Wildman–Crippen MR) is 95.8 cm³/mol. The van der Waals surface area contributed by atoms with Crippen LogP contribution in [-0.4, -0.2) is 42.1 Å². The second kappa shape index (κ2) is 7.64. The Kier molecular flexibility index (Phi) is 5.54. The molecule has 24 heavy (non-hydrogen) atoms. The van der Waals surface area contributed by atoms with Crippen molar-refractivity contribution in [1.82, 2.24) is 4.90 Å². The number of nitrogens with zero attached hydrogens (tertiary/aromatic N) is 1. The van der Waals surface area contributed by atoms with Gasteiger partial charge in [0.1, 0.15) is 5.54 Å². The van der Waals surface area contributed by atoms with Gasteiger partial charge in [-0.15, -0.1) is 0 Å². The number of ether oxygens (including phenoxy) is 1. The summed E-state index contributed by atoms with van der Waals surface area (Å²) in [5.41, 5.74) is 7.51. The second-order valence-corrected chi connectivity index (χ2v) is 7.23. The SMILES string of the molecule is CC1CCCCN1Cc1ccc(NC(=O)C2(N)CCOCC2)cc1. The third kappa shape index (κ3) is 4.15. The molecule has 0 aromatic heterocycles. The molecule has 2 heterocycles. The smallest absolute Gasteiger partial charge is 0.244 e. The summed E-state index contributed by atoms with van der Waals surface area (Å²) >= 11 is 0. The molecule has 1 amide bonds. The van der Waals surface area contributed by atoms with E-state index < -0.39 is 5.54 Å². The van der Waals surface area contributed by atoms with Crippen molar-refractivity contribution in [3.05, 3.63) is 29.8 Å². The van der Waals surface area contributed by atoms with Crippen LogP contribution in [0, 0.1) is 0 Å². The monoisotopic (exact) mass is 331 g/mol. The van der Waals surface area contributed by atoms with E-state index in [9.17, 15) is 4.79 Å². The van der Waals surface area contributed by atoms with E-state index in [1.807, 2.05) is 12.1 Å². The lowest BCUT2D eigenvalue weighted by Crippen LogP contribution is -2.54. The van der Waals surface area contributed by atoms with Crippen molar-refractivity contribution in [2.45, 2.75) is 57.2 Å². The summed E-state index contributed by atoms with van der Waals surface area (Å²) in [5.74, 6) is -0.108. The van der Waals surface area contributed by atoms with E-state index in [0.717, 1.165) is 12.2 Å². The molecule has 3 rings (SSSR count). The Morgan fingerprint density at radius 3 is 2.67 bits per heavy atom. The third-order valence-electron chi connectivity index (χ3n) is 5.38. The number of amides is 1. The molecule has 1 aromatic rings. The molecule has 2 saturated heterocycles. The molecular weight excluding hydrogens is 302 g/mol. The fraction of sp³-hybridized carbons (Fsp3) is 0.632. The number of hydrogen-bond acceptors (Lipinski definition) is 4. The summed E-state index contributed by atoms with van der Waals surface area (Å²) in [6.07, 6.45) is 5.07. The van der Waals surface area contributed by atoms with Crippen LogP contribution >= 0.6 is 0 Å². The zero-order valence-corrected chi connectivity index (χ0v) is 14.6. The van der Waals surface area contributed by atoms with Gasteiger partial charge in [0.2, 0.25) is 5.91 Å². The van der Waals surface area contributed by atoms with Gasteiger partial charge in [-0.1, -0.05) is 18.6 Å². The second-order valence-electron chi connectivity index (χ2n) is 7.23. The minimum absolute atomic E-state index is 0.108. The minimum Gasteiger partial charge on any atom is -0.381 e. The third-order valence-corrected chi connectivity index (χ3v) is 5.38. The van der Waals surface area contributed by atoms with E-state index in [-0.39, 0.29) is 5.91 Å².